The summed E-state index contributed by atoms with van der Waals surface area (Å²) in [4.78, 5) is 0. The minimum Gasteiger partial charge on any atom is -0.310 e. The second kappa shape index (κ2) is 6.67. The van der Waals surface area contributed by atoms with Crippen LogP contribution in [0.2, 0.25) is 0 Å². The molecule has 1 atom stereocenters. The molecular weight excluding hydrogens is 249 g/mol. The highest BCUT2D eigenvalue weighted by molar-refractivity contribution is 5.38. The Morgan fingerprint density at radius 3 is 2.20 bits per heavy atom. The summed E-state index contributed by atoms with van der Waals surface area (Å²) in [6.45, 7) is 6.97. The summed E-state index contributed by atoms with van der Waals surface area (Å²) >= 11 is 0. The van der Waals surface area contributed by atoms with E-state index in [-0.39, 0.29) is 11.9 Å². The topological polar surface area (TPSA) is 12.0 Å². The van der Waals surface area contributed by atoms with Crippen LogP contribution in [0.3, 0.4) is 0 Å². The monoisotopic (exact) mass is 271 g/mol. The largest absolute Gasteiger partial charge is 0.310 e. The Bertz CT molecular complexity index is 540. The van der Waals surface area contributed by atoms with Crippen LogP contribution in [-0.4, -0.2) is 6.54 Å². The summed E-state index contributed by atoms with van der Waals surface area (Å²) in [5, 5.41) is 3.53. The van der Waals surface area contributed by atoms with Gasteiger partial charge in [-0.25, -0.2) is 4.39 Å². The molecule has 0 aliphatic rings. The van der Waals surface area contributed by atoms with Crippen LogP contribution in [0.15, 0.2) is 42.5 Å². The Balaban J connectivity index is 2.34. The van der Waals surface area contributed by atoms with Crippen LogP contribution in [0.4, 0.5) is 4.39 Å². The third kappa shape index (κ3) is 3.45. The van der Waals surface area contributed by atoms with Gasteiger partial charge in [0.1, 0.15) is 5.82 Å². The fraction of sp³-hybridized carbons (Fsp3) is 0.333. The molecule has 0 heterocycles. The minimum atomic E-state index is -0.154. The van der Waals surface area contributed by atoms with Gasteiger partial charge in [0.15, 0.2) is 0 Å². The lowest BCUT2D eigenvalue weighted by Gasteiger charge is -2.23. The quantitative estimate of drug-likeness (QED) is 0.853. The average Bonchev–Trinajstić information content (AvgIpc) is 2.39. The van der Waals surface area contributed by atoms with Crippen LogP contribution in [0.5, 0.6) is 0 Å². The zero-order chi connectivity index (χ0) is 14.5. The first kappa shape index (κ1) is 14.7. The first-order valence-electron chi connectivity index (χ1n) is 7.15. The first-order chi connectivity index (χ1) is 9.61. The molecule has 0 aliphatic heterocycles. The Kier molecular flexibility index (Phi) is 4.91. The van der Waals surface area contributed by atoms with Crippen molar-refractivity contribution in [2.75, 3.05) is 6.54 Å². The molecule has 1 unspecified atom stereocenters. The second-order valence-electron chi connectivity index (χ2n) is 5.25. The Morgan fingerprint density at radius 1 is 1.05 bits per heavy atom. The van der Waals surface area contributed by atoms with Gasteiger partial charge in [0, 0.05) is 6.04 Å². The molecule has 0 saturated carbocycles. The lowest BCUT2D eigenvalue weighted by molar-refractivity contribution is 0.541. The maximum absolute atomic E-state index is 13.5. The molecule has 0 bridgehead atoms. The number of benzene rings is 2. The van der Waals surface area contributed by atoms with E-state index in [1.54, 1.807) is 12.1 Å². The second-order valence-corrected chi connectivity index (χ2v) is 5.25. The van der Waals surface area contributed by atoms with Gasteiger partial charge in [-0.1, -0.05) is 37.3 Å². The van der Waals surface area contributed by atoms with Crippen molar-refractivity contribution in [3.05, 3.63) is 70.5 Å². The minimum absolute atomic E-state index is 0.154. The highest BCUT2D eigenvalue weighted by atomic mass is 19.1. The molecule has 2 rings (SSSR count). The zero-order valence-electron chi connectivity index (χ0n) is 12.4. The number of hydrogen-bond donors (Lipinski definition) is 1. The van der Waals surface area contributed by atoms with Gasteiger partial charge in [-0.15, -0.1) is 0 Å². The van der Waals surface area contributed by atoms with Crippen molar-refractivity contribution < 1.29 is 4.39 Å². The molecule has 2 heteroatoms. The van der Waals surface area contributed by atoms with Crippen LogP contribution in [-0.2, 0) is 6.42 Å². The molecule has 0 saturated heterocycles. The van der Waals surface area contributed by atoms with Crippen molar-refractivity contribution in [1.29, 1.82) is 0 Å². The van der Waals surface area contributed by atoms with Crippen LogP contribution in [0, 0.1) is 19.7 Å². The molecule has 0 aromatic heterocycles. The van der Waals surface area contributed by atoms with Crippen LogP contribution >= 0.6 is 0 Å². The maximum atomic E-state index is 13.5. The number of halogens is 1. The van der Waals surface area contributed by atoms with Crippen molar-refractivity contribution in [3.8, 4) is 0 Å². The van der Waals surface area contributed by atoms with E-state index < -0.39 is 0 Å². The summed E-state index contributed by atoms with van der Waals surface area (Å²) in [7, 11) is 0. The Morgan fingerprint density at radius 2 is 1.65 bits per heavy atom. The number of likely N-dealkylation sites (N-methyl/N-ethyl adjacent to an activating group) is 1. The van der Waals surface area contributed by atoms with Crippen LogP contribution in [0.1, 0.15) is 35.2 Å². The Hall–Kier alpha value is -1.67. The van der Waals surface area contributed by atoms with E-state index in [1.165, 1.54) is 11.1 Å². The molecule has 0 amide bonds. The normalized spacial score (nSPS) is 12.4. The molecule has 0 radical (unpaired) electrons. The van der Waals surface area contributed by atoms with Gasteiger partial charge >= 0.3 is 0 Å². The van der Waals surface area contributed by atoms with E-state index in [9.17, 15) is 4.39 Å². The molecule has 20 heavy (non-hydrogen) atoms. The van der Waals surface area contributed by atoms with Crippen molar-refractivity contribution in [2.24, 2.45) is 0 Å². The highest BCUT2D eigenvalue weighted by Gasteiger charge is 2.16. The summed E-state index contributed by atoms with van der Waals surface area (Å²) in [5.74, 6) is -0.154. The first-order valence-corrected chi connectivity index (χ1v) is 7.15. The molecule has 0 fully saturated rings. The number of hydrogen-bond acceptors (Lipinski definition) is 1. The van der Waals surface area contributed by atoms with Gasteiger partial charge in [0.25, 0.3) is 0 Å². The fourth-order valence-corrected chi connectivity index (χ4v) is 2.84. The van der Waals surface area contributed by atoms with Crippen molar-refractivity contribution >= 4 is 0 Å². The Labute approximate surface area is 120 Å². The third-order valence-electron chi connectivity index (χ3n) is 3.64. The molecule has 0 spiro atoms. The summed E-state index contributed by atoms with van der Waals surface area (Å²) < 4.78 is 13.5. The van der Waals surface area contributed by atoms with E-state index in [0.717, 1.165) is 24.1 Å². The fourth-order valence-electron chi connectivity index (χ4n) is 2.84. The standard InChI is InChI=1S/C18H22FN/c1-4-20-17(12-15-8-6-5-7-9-15)18-13(2)10-16(19)11-14(18)3/h5-11,17,20H,4,12H2,1-3H3. The van der Waals surface area contributed by atoms with E-state index in [1.807, 2.05) is 19.9 Å². The molecule has 0 aliphatic carbocycles. The van der Waals surface area contributed by atoms with Gasteiger partial charge in [-0.05, 0) is 61.2 Å². The molecule has 106 valence electrons. The van der Waals surface area contributed by atoms with Gasteiger partial charge < -0.3 is 5.32 Å². The smallest absolute Gasteiger partial charge is 0.123 e. The molecular formula is C18H22FN. The molecule has 2 aromatic rings. The van der Waals surface area contributed by atoms with Crippen LogP contribution < -0.4 is 5.32 Å². The highest BCUT2D eigenvalue weighted by Crippen LogP contribution is 2.26. The van der Waals surface area contributed by atoms with Gasteiger partial charge in [-0.3, -0.25) is 0 Å². The molecule has 2 aromatic carbocycles. The van der Waals surface area contributed by atoms with Gasteiger partial charge in [-0.2, -0.15) is 0 Å². The molecule has 1 nitrogen and oxygen atoms in total. The van der Waals surface area contributed by atoms with Crippen molar-refractivity contribution in [2.45, 2.75) is 33.2 Å². The lowest BCUT2D eigenvalue weighted by atomic mass is 9.91. The summed E-state index contributed by atoms with van der Waals surface area (Å²) in [6, 6.07) is 13.9. The van der Waals surface area contributed by atoms with E-state index in [4.69, 9.17) is 0 Å². The van der Waals surface area contributed by atoms with Crippen molar-refractivity contribution in [1.82, 2.24) is 5.32 Å². The zero-order valence-corrected chi connectivity index (χ0v) is 12.4. The van der Waals surface area contributed by atoms with E-state index in [2.05, 4.69) is 36.5 Å². The number of aryl methyl sites for hydroxylation is 2. The van der Waals surface area contributed by atoms with Crippen LogP contribution in [0.25, 0.3) is 0 Å². The van der Waals surface area contributed by atoms with E-state index >= 15 is 0 Å². The average molecular weight is 271 g/mol. The number of rotatable bonds is 5. The van der Waals surface area contributed by atoms with Crippen molar-refractivity contribution in [3.63, 3.8) is 0 Å². The molecule has 1 N–H and O–H groups in total. The number of nitrogens with one attached hydrogen (secondary N) is 1. The van der Waals surface area contributed by atoms with Gasteiger partial charge in [0.2, 0.25) is 0 Å². The maximum Gasteiger partial charge on any atom is 0.123 e. The van der Waals surface area contributed by atoms with Gasteiger partial charge in [0.05, 0.1) is 0 Å². The predicted octanol–water partition coefficient (Wildman–Crippen LogP) is 4.34. The predicted molar refractivity (Wildman–Crippen MR) is 82.4 cm³/mol. The lowest BCUT2D eigenvalue weighted by Crippen LogP contribution is -2.24. The summed E-state index contributed by atoms with van der Waals surface area (Å²) in [5.41, 5.74) is 4.55. The third-order valence-corrected chi connectivity index (χ3v) is 3.64. The van der Waals surface area contributed by atoms with E-state index in [0.29, 0.717) is 0 Å². The summed E-state index contributed by atoms with van der Waals surface area (Å²) in [6.07, 6.45) is 0.919. The SMILES string of the molecule is CCNC(Cc1ccccc1)c1c(C)cc(F)cc1C.